The number of hydrogen-bond acceptors (Lipinski definition) is 13. The van der Waals surface area contributed by atoms with E-state index < -0.39 is 100 Å². The lowest BCUT2D eigenvalue weighted by Crippen LogP contribution is -2.56. The number of hydrogen-bond donors (Lipinski definition) is 10. The Bertz CT molecular complexity index is 769. The molecule has 18 nitrogen and oxygen atoms in total. The van der Waals surface area contributed by atoms with E-state index in [4.69, 9.17) is 25.5 Å². The highest BCUT2D eigenvalue weighted by molar-refractivity contribution is 5.79. The van der Waals surface area contributed by atoms with E-state index in [1.54, 1.807) is 0 Å². The van der Waals surface area contributed by atoms with Crippen molar-refractivity contribution >= 4 is 29.8 Å². The minimum Gasteiger partial charge on any atom is -0.480 e. The monoisotopic (exact) mass is 556 g/mol. The Morgan fingerprint density at radius 3 is 1.29 bits per heavy atom. The van der Waals surface area contributed by atoms with Crippen LogP contribution in [0.5, 0.6) is 0 Å². The van der Waals surface area contributed by atoms with E-state index in [2.05, 4.69) is 5.32 Å². The summed E-state index contributed by atoms with van der Waals surface area (Å²) in [4.78, 5) is 60.3. The molecule has 0 aliphatic heterocycles. The van der Waals surface area contributed by atoms with Crippen LogP contribution in [-0.2, 0) is 24.0 Å². The lowest BCUT2D eigenvalue weighted by molar-refractivity contribution is -0.143. The maximum atomic E-state index is 12.4. The molecule has 0 fully saturated rings. The molecule has 0 aliphatic carbocycles. The molecular weight excluding hydrogens is 520 g/mol. The third-order valence-electron chi connectivity index (χ3n) is 5.15. The van der Waals surface area contributed by atoms with Crippen molar-refractivity contribution in [2.45, 2.75) is 24.4 Å². The first-order valence-corrected chi connectivity index (χ1v) is 11.3. The maximum Gasteiger partial charge on any atom is 0.317 e. The molecular formula is C20H36N4O14. The summed E-state index contributed by atoms with van der Waals surface area (Å²) in [6, 6.07) is -1.48. The Labute approximate surface area is 216 Å². The van der Waals surface area contributed by atoms with Crippen LogP contribution in [0.25, 0.3) is 0 Å². The first-order valence-electron chi connectivity index (χ1n) is 11.3. The first kappa shape index (κ1) is 35.0. The third-order valence-corrected chi connectivity index (χ3v) is 5.15. The summed E-state index contributed by atoms with van der Waals surface area (Å²) in [5.41, 5.74) is 0. The quantitative estimate of drug-likeness (QED) is 0.0593. The van der Waals surface area contributed by atoms with E-state index >= 15 is 0 Å². The minimum absolute atomic E-state index is 0.0934. The Hall–Kier alpha value is -2.97. The lowest BCUT2D eigenvalue weighted by Gasteiger charge is -2.30. The van der Waals surface area contributed by atoms with Crippen LogP contribution >= 0.6 is 0 Å². The van der Waals surface area contributed by atoms with E-state index in [9.17, 15) is 44.4 Å². The van der Waals surface area contributed by atoms with Crippen molar-refractivity contribution in [1.82, 2.24) is 20.0 Å². The molecule has 0 aromatic rings. The molecule has 0 saturated heterocycles. The van der Waals surface area contributed by atoms with Crippen LogP contribution in [-0.4, -0.2) is 187 Å². The van der Waals surface area contributed by atoms with E-state index in [1.807, 2.05) is 0 Å². The highest BCUT2D eigenvalue weighted by Crippen LogP contribution is 2.05. The molecule has 220 valence electrons. The number of nitrogens with one attached hydrogen (secondary N) is 1. The zero-order valence-electron chi connectivity index (χ0n) is 20.5. The summed E-state index contributed by atoms with van der Waals surface area (Å²) in [6.07, 6.45) is -5.56. The van der Waals surface area contributed by atoms with Gasteiger partial charge in [0.25, 0.3) is 0 Å². The zero-order chi connectivity index (χ0) is 29.4. The van der Waals surface area contributed by atoms with Gasteiger partial charge in [-0.15, -0.1) is 0 Å². The second kappa shape index (κ2) is 18.3. The van der Waals surface area contributed by atoms with Gasteiger partial charge in [0.05, 0.1) is 52.0 Å². The van der Waals surface area contributed by atoms with Crippen LogP contribution in [0.4, 0.5) is 0 Å². The summed E-state index contributed by atoms with van der Waals surface area (Å²) < 4.78 is 0. The number of aliphatic carboxylic acids is 4. The van der Waals surface area contributed by atoms with Gasteiger partial charge in [0, 0.05) is 26.2 Å². The second-order valence-electron chi connectivity index (χ2n) is 8.36. The fraction of sp³-hybridized carbons (Fsp3) is 0.750. The molecule has 10 N–H and O–H groups in total. The van der Waals surface area contributed by atoms with E-state index in [0.29, 0.717) is 0 Å². The molecule has 0 aromatic carbocycles. The van der Waals surface area contributed by atoms with Gasteiger partial charge in [-0.05, 0) is 0 Å². The number of aliphatic hydroxyl groups excluding tert-OH is 5. The van der Waals surface area contributed by atoms with Crippen LogP contribution in [0.15, 0.2) is 0 Å². The molecule has 38 heavy (non-hydrogen) atoms. The van der Waals surface area contributed by atoms with Crippen LogP contribution in [0.1, 0.15) is 0 Å². The molecule has 18 heteroatoms. The van der Waals surface area contributed by atoms with Crippen molar-refractivity contribution in [3.8, 4) is 0 Å². The summed E-state index contributed by atoms with van der Waals surface area (Å²) in [7, 11) is 0. The highest BCUT2D eigenvalue weighted by Gasteiger charge is 2.32. The summed E-state index contributed by atoms with van der Waals surface area (Å²) >= 11 is 0. The number of carbonyl (C=O) groups excluding carboxylic acids is 1. The fourth-order valence-electron chi connectivity index (χ4n) is 3.30. The maximum absolute atomic E-state index is 12.4. The smallest absolute Gasteiger partial charge is 0.317 e. The van der Waals surface area contributed by atoms with Crippen molar-refractivity contribution in [2.75, 3.05) is 72.1 Å². The van der Waals surface area contributed by atoms with Crippen LogP contribution in [0.3, 0.4) is 0 Å². The van der Waals surface area contributed by atoms with Gasteiger partial charge in [-0.2, -0.15) is 0 Å². The average Bonchev–Trinajstić information content (AvgIpc) is 2.80. The standard InChI is InChI=1S/C20H36N4O14/c25-10-12(19(37)20(38)13(27)11-26)21-14(28)5-23(7-16(31)32)3-1-22(6-15(29)30)2-4-24(8-17(33)34)9-18(35)36/h12-13,19-20,25-27,37-38H,1-11H2,(H,21,28)(H,29,30)(H,31,32)(H,33,34)(H,35,36)/t12-,13-,19-,20-/m1/s1. The molecule has 0 radical (unpaired) electrons. The van der Waals surface area contributed by atoms with Gasteiger partial charge >= 0.3 is 23.9 Å². The number of nitrogens with zero attached hydrogens (tertiary/aromatic N) is 3. The van der Waals surface area contributed by atoms with Crippen molar-refractivity contribution in [2.24, 2.45) is 0 Å². The number of rotatable bonds is 22. The fourth-order valence-corrected chi connectivity index (χ4v) is 3.30. The molecule has 0 unspecified atom stereocenters. The third kappa shape index (κ3) is 15.3. The van der Waals surface area contributed by atoms with E-state index in [-0.39, 0.29) is 26.2 Å². The van der Waals surface area contributed by atoms with Gasteiger partial charge in [-0.1, -0.05) is 0 Å². The number of carboxylic acids is 4. The Kier molecular flexibility index (Phi) is 16.9. The highest BCUT2D eigenvalue weighted by atomic mass is 16.4. The Morgan fingerprint density at radius 2 is 0.921 bits per heavy atom. The summed E-state index contributed by atoms with van der Waals surface area (Å²) in [5, 5.41) is 85.9. The average molecular weight is 557 g/mol. The molecule has 0 bridgehead atoms. The Morgan fingerprint density at radius 1 is 0.553 bits per heavy atom. The minimum atomic E-state index is -1.92. The predicted molar refractivity (Wildman–Crippen MR) is 124 cm³/mol. The number of carboxylic acid groups (broad SMARTS) is 4. The van der Waals surface area contributed by atoms with Crippen LogP contribution < -0.4 is 5.32 Å². The van der Waals surface area contributed by atoms with Gasteiger partial charge in [0.2, 0.25) is 5.91 Å². The van der Waals surface area contributed by atoms with Gasteiger partial charge in [0.15, 0.2) is 0 Å². The van der Waals surface area contributed by atoms with Crippen molar-refractivity contribution < 1.29 is 69.9 Å². The number of carbonyl (C=O) groups is 5. The molecule has 0 saturated carbocycles. The van der Waals surface area contributed by atoms with Gasteiger partial charge in [-0.3, -0.25) is 38.7 Å². The normalized spacial score (nSPS) is 14.7. The second-order valence-corrected chi connectivity index (χ2v) is 8.36. The van der Waals surface area contributed by atoms with Crippen molar-refractivity contribution in [3.63, 3.8) is 0 Å². The first-order chi connectivity index (χ1) is 17.7. The van der Waals surface area contributed by atoms with E-state index in [0.717, 1.165) is 9.80 Å². The van der Waals surface area contributed by atoms with Crippen LogP contribution in [0.2, 0.25) is 0 Å². The SMILES string of the molecule is O=C(O)CN(CCN(CC(=O)O)CC(=O)O)CCN(CC(=O)O)CC(=O)N[C@H](CO)[C@@H](O)[C@H](O)[C@H](O)CO. The molecule has 1 amide bonds. The molecule has 4 atom stereocenters. The van der Waals surface area contributed by atoms with Gasteiger partial charge in [-0.25, -0.2) is 0 Å². The zero-order valence-corrected chi connectivity index (χ0v) is 20.5. The molecule has 0 aliphatic rings. The summed E-state index contributed by atoms with van der Waals surface area (Å²) in [6.45, 7) is -5.35. The van der Waals surface area contributed by atoms with Crippen molar-refractivity contribution in [1.29, 1.82) is 0 Å². The summed E-state index contributed by atoms with van der Waals surface area (Å²) in [5.74, 6) is -6.08. The van der Waals surface area contributed by atoms with Gasteiger partial charge < -0.3 is 51.3 Å². The largest absolute Gasteiger partial charge is 0.480 e. The van der Waals surface area contributed by atoms with Crippen molar-refractivity contribution in [3.05, 3.63) is 0 Å². The predicted octanol–water partition coefficient (Wildman–Crippen LogP) is -6.22. The molecule has 0 heterocycles. The number of aliphatic hydroxyl groups is 5. The van der Waals surface area contributed by atoms with E-state index in [1.165, 1.54) is 4.90 Å². The lowest BCUT2D eigenvalue weighted by atomic mass is 10.0. The number of amides is 1. The Balaban J connectivity index is 5.27. The van der Waals surface area contributed by atoms with Gasteiger partial charge in [0.1, 0.15) is 18.3 Å². The van der Waals surface area contributed by atoms with Crippen LogP contribution in [0, 0.1) is 0 Å². The molecule has 0 spiro atoms. The topological polar surface area (TPSA) is 289 Å². The molecule has 0 aromatic heterocycles. The molecule has 0 rings (SSSR count).